The first kappa shape index (κ1) is 12.5. The van der Waals surface area contributed by atoms with Crippen molar-refractivity contribution in [1.29, 1.82) is 0 Å². The van der Waals surface area contributed by atoms with Crippen LogP contribution in [-0.4, -0.2) is 5.11 Å². The average Bonchev–Trinajstić information content (AvgIpc) is 2.49. The van der Waals surface area contributed by atoms with Gasteiger partial charge in [0.25, 0.3) is 0 Å². The Bertz CT molecular complexity index is 702. The van der Waals surface area contributed by atoms with Gasteiger partial charge in [0.2, 0.25) is 0 Å². The van der Waals surface area contributed by atoms with Gasteiger partial charge in [0.1, 0.15) is 5.75 Å². The van der Waals surface area contributed by atoms with Crippen molar-refractivity contribution in [3.8, 4) is 16.9 Å². The molecule has 0 spiro atoms. The highest BCUT2D eigenvalue weighted by molar-refractivity contribution is 5.70. The van der Waals surface area contributed by atoms with E-state index in [1.807, 2.05) is 36.4 Å². The zero-order valence-corrected chi connectivity index (χ0v) is 11.2. The highest BCUT2D eigenvalue weighted by Crippen LogP contribution is 2.29. The lowest BCUT2D eigenvalue weighted by Crippen LogP contribution is -1.88. The van der Waals surface area contributed by atoms with E-state index in [-0.39, 0.29) is 0 Å². The first-order chi connectivity index (χ1) is 9.83. The quantitative estimate of drug-likeness (QED) is 0.726. The van der Waals surface area contributed by atoms with Crippen LogP contribution in [0.5, 0.6) is 5.75 Å². The Morgan fingerprint density at radius 1 is 0.650 bits per heavy atom. The minimum atomic E-state index is 0.323. The predicted octanol–water partition coefficient (Wildman–Crippen LogP) is 4.65. The zero-order chi connectivity index (χ0) is 13.8. The molecule has 0 unspecified atom stereocenters. The van der Waals surface area contributed by atoms with Gasteiger partial charge in [-0.05, 0) is 29.2 Å². The van der Waals surface area contributed by atoms with Crippen molar-refractivity contribution in [3.05, 3.63) is 90.0 Å². The Balaban J connectivity index is 1.92. The zero-order valence-electron chi connectivity index (χ0n) is 11.2. The molecule has 3 aromatic carbocycles. The minimum Gasteiger partial charge on any atom is -0.507 e. The predicted molar refractivity (Wildman–Crippen MR) is 82.8 cm³/mol. The molecule has 1 heteroatoms. The van der Waals surface area contributed by atoms with Crippen LogP contribution in [0, 0.1) is 0 Å². The van der Waals surface area contributed by atoms with E-state index in [0.29, 0.717) is 5.75 Å². The van der Waals surface area contributed by atoms with Crippen molar-refractivity contribution in [3.63, 3.8) is 0 Å². The van der Waals surface area contributed by atoms with Crippen molar-refractivity contribution in [2.24, 2.45) is 0 Å². The summed E-state index contributed by atoms with van der Waals surface area (Å²) < 4.78 is 0. The summed E-state index contributed by atoms with van der Waals surface area (Å²) in [5, 5.41) is 9.94. The summed E-state index contributed by atoms with van der Waals surface area (Å²) in [6.45, 7) is 0. The summed E-state index contributed by atoms with van der Waals surface area (Å²) in [6, 6.07) is 26.2. The van der Waals surface area contributed by atoms with Crippen molar-refractivity contribution >= 4 is 0 Å². The Hall–Kier alpha value is -2.54. The van der Waals surface area contributed by atoms with E-state index in [4.69, 9.17) is 0 Å². The first-order valence-electron chi connectivity index (χ1n) is 6.74. The van der Waals surface area contributed by atoms with Crippen molar-refractivity contribution in [1.82, 2.24) is 0 Å². The lowest BCUT2D eigenvalue weighted by molar-refractivity contribution is 0.477. The van der Waals surface area contributed by atoms with Gasteiger partial charge in [-0.15, -0.1) is 0 Å². The number of aromatic hydroxyl groups is 1. The lowest BCUT2D eigenvalue weighted by Gasteiger charge is -2.07. The third-order valence-electron chi connectivity index (χ3n) is 3.39. The summed E-state index contributed by atoms with van der Waals surface area (Å²) in [4.78, 5) is 0. The van der Waals surface area contributed by atoms with Crippen LogP contribution in [0.25, 0.3) is 11.1 Å². The Morgan fingerprint density at radius 3 is 2.15 bits per heavy atom. The fraction of sp³-hybridized carbons (Fsp3) is 0.0526. The van der Waals surface area contributed by atoms with Crippen LogP contribution in [0.15, 0.2) is 78.9 Å². The third kappa shape index (κ3) is 2.72. The fourth-order valence-corrected chi connectivity index (χ4v) is 2.40. The molecule has 0 fully saturated rings. The molecule has 0 aliphatic heterocycles. The maximum Gasteiger partial charge on any atom is 0.123 e. The molecule has 1 nitrogen and oxygen atoms in total. The van der Waals surface area contributed by atoms with Crippen molar-refractivity contribution in [2.75, 3.05) is 0 Å². The molecule has 0 aromatic heterocycles. The summed E-state index contributed by atoms with van der Waals surface area (Å²) in [5.41, 5.74) is 4.47. The number of para-hydroxylation sites is 1. The second kappa shape index (κ2) is 5.62. The highest BCUT2D eigenvalue weighted by Gasteiger charge is 2.04. The molecule has 0 atom stereocenters. The van der Waals surface area contributed by atoms with E-state index in [0.717, 1.165) is 17.5 Å². The molecule has 0 aliphatic rings. The molecule has 98 valence electrons. The van der Waals surface area contributed by atoms with Gasteiger partial charge in [-0.3, -0.25) is 0 Å². The molecule has 0 saturated heterocycles. The van der Waals surface area contributed by atoms with Gasteiger partial charge in [0.05, 0.1) is 0 Å². The van der Waals surface area contributed by atoms with E-state index >= 15 is 0 Å². The first-order valence-corrected chi connectivity index (χ1v) is 6.74. The monoisotopic (exact) mass is 260 g/mol. The Morgan fingerprint density at radius 2 is 1.35 bits per heavy atom. The molecule has 0 saturated carbocycles. The largest absolute Gasteiger partial charge is 0.507 e. The van der Waals surface area contributed by atoms with Gasteiger partial charge in [-0.1, -0.05) is 72.8 Å². The molecule has 3 rings (SSSR count). The molecular formula is C19H16O. The van der Waals surface area contributed by atoms with E-state index in [1.165, 1.54) is 11.1 Å². The van der Waals surface area contributed by atoms with Gasteiger partial charge >= 0.3 is 0 Å². The second-order valence-corrected chi connectivity index (χ2v) is 4.88. The average molecular weight is 260 g/mol. The Labute approximate surface area is 119 Å². The maximum atomic E-state index is 9.94. The van der Waals surface area contributed by atoms with Crippen LogP contribution in [0.2, 0.25) is 0 Å². The SMILES string of the molecule is Oc1ccccc1-c1cccc(Cc2ccccc2)c1. The molecule has 20 heavy (non-hydrogen) atoms. The van der Waals surface area contributed by atoms with Gasteiger partial charge in [0, 0.05) is 5.56 Å². The molecule has 0 heterocycles. The van der Waals surface area contributed by atoms with E-state index in [2.05, 4.69) is 36.4 Å². The number of hydrogen-bond donors (Lipinski definition) is 1. The minimum absolute atomic E-state index is 0.323. The molecule has 0 bridgehead atoms. The molecule has 0 radical (unpaired) electrons. The van der Waals surface area contributed by atoms with Crippen LogP contribution >= 0.6 is 0 Å². The van der Waals surface area contributed by atoms with Crippen molar-refractivity contribution in [2.45, 2.75) is 6.42 Å². The second-order valence-electron chi connectivity index (χ2n) is 4.88. The fourth-order valence-electron chi connectivity index (χ4n) is 2.40. The molecule has 3 aromatic rings. The highest BCUT2D eigenvalue weighted by atomic mass is 16.3. The summed E-state index contributed by atoms with van der Waals surface area (Å²) >= 11 is 0. The van der Waals surface area contributed by atoms with Crippen LogP contribution in [0.3, 0.4) is 0 Å². The summed E-state index contributed by atoms with van der Waals surface area (Å²) in [7, 11) is 0. The standard InChI is InChI=1S/C19H16O/c20-19-12-5-4-11-18(19)17-10-6-9-16(14-17)13-15-7-2-1-3-8-15/h1-12,14,20H,13H2. The number of phenolic OH excluding ortho intramolecular Hbond substituents is 1. The van der Waals surface area contributed by atoms with Gasteiger partial charge in [-0.2, -0.15) is 0 Å². The summed E-state index contributed by atoms with van der Waals surface area (Å²) in [5.74, 6) is 0.323. The van der Waals surface area contributed by atoms with E-state index in [9.17, 15) is 5.11 Å². The number of phenols is 1. The molecule has 1 N–H and O–H groups in total. The summed E-state index contributed by atoms with van der Waals surface area (Å²) in [6.07, 6.45) is 0.905. The van der Waals surface area contributed by atoms with Crippen LogP contribution in [-0.2, 0) is 6.42 Å². The maximum absolute atomic E-state index is 9.94. The molecule has 0 amide bonds. The normalized spacial score (nSPS) is 10.4. The Kier molecular flexibility index (Phi) is 3.51. The number of rotatable bonds is 3. The molecule has 0 aliphatic carbocycles. The van der Waals surface area contributed by atoms with Crippen LogP contribution < -0.4 is 0 Å². The van der Waals surface area contributed by atoms with Crippen molar-refractivity contribution < 1.29 is 5.11 Å². The van der Waals surface area contributed by atoms with E-state index < -0.39 is 0 Å². The van der Waals surface area contributed by atoms with Gasteiger partial charge < -0.3 is 5.11 Å². The van der Waals surface area contributed by atoms with E-state index in [1.54, 1.807) is 6.07 Å². The molecular weight excluding hydrogens is 244 g/mol. The van der Waals surface area contributed by atoms with Gasteiger partial charge in [0.15, 0.2) is 0 Å². The number of hydrogen-bond acceptors (Lipinski definition) is 1. The third-order valence-corrected chi connectivity index (χ3v) is 3.39. The number of benzene rings is 3. The topological polar surface area (TPSA) is 20.2 Å². The lowest BCUT2D eigenvalue weighted by atomic mass is 9.99. The van der Waals surface area contributed by atoms with Crippen LogP contribution in [0.1, 0.15) is 11.1 Å². The van der Waals surface area contributed by atoms with Gasteiger partial charge in [-0.25, -0.2) is 0 Å². The van der Waals surface area contributed by atoms with Crippen LogP contribution in [0.4, 0.5) is 0 Å². The smallest absolute Gasteiger partial charge is 0.123 e.